The topological polar surface area (TPSA) is 40.5 Å². The first-order chi connectivity index (χ1) is 9.08. The van der Waals surface area contributed by atoms with Gasteiger partial charge in [-0.2, -0.15) is 0 Å². The maximum atomic E-state index is 11.0. The Morgan fingerprint density at radius 2 is 2.21 bits per heavy atom. The number of carboxylic acids is 1. The monoisotopic (exact) mass is 281 g/mol. The number of thioether (sulfide) groups is 1. The lowest BCUT2D eigenvalue weighted by atomic mass is 10.1. The maximum Gasteiger partial charge on any atom is 0.308 e. The molecule has 3 nitrogen and oxygen atoms in total. The van der Waals surface area contributed by atoms with Gasteiger partial charge in [-0.05, 0) is 30.9 Å². The average Bonchev–Trinajstić information content (AvgIpc) is 2.43. The third kappa shape index (κ3) is 5.15. The zero-order valence-electron chi connectivity index (χ0n) is 11.9. The highest BCUT2D eigenvalue weighted by atomic mass is 32.2. The van der Waals surface area contributed by atoms with Gasteiger partial charge in [0.15, 0.2) is 0 Å². The first-order valence-electron chi connectivity index (χ1n) is 6.70. The summed E-state index contributed by atoms with van der Waals surface area (Å²) in [6.07, 6.45) is 4.24. The molecule has 106 valence electrons. The standard InChI is InChI=1S/C15H23NO2S/c1-4-5-9-16(11-12(2)15(17)18)13-7-6-8-14(10-13)19-3/h6-8,10,12H,4-5,9,11H2,1-3H3,(H,17,18). The van der Waals surface area contributed by atoms with Crippen molar-refractivity contribution < 1.29 is 9.90 Å². The summed E-state index contributed by atoms with van der Waals surface area (Å²) in [5.41, 5.74) is 1.12. The molecule has 1 N–H and O–H groups in total. The molecule has 1 rings (SSSR count). The fraction of sp³-hybridized carbons (Fsp3) is 0.533. The second kappa shape index (κ2) is 8.10. The Morgan fingerprint density at radius 1 is 1.47 bits per heavy atom. The molecule has 1 unspecified atom stereocenters. The second-order valence-corrected chi connectivity index (χ2v) is 5.62. The lowest BCUT2D eigenvalue weighted by Crippen LogP contribution is -2.32. The molecule has 0 amide bonds. The highest BCUT2D eigenvalue weighted by Gasteiger charge is 2.16. The number of nitrogens with zero attached hydrogens (tertiary/aromatic N) is 1. The number of carboxylic acid groups (broad SMARTS) is 1. The van der Waals surface area contributed by atoms with Gasteiger partial charge in [0.2, 0.25) is 0 Å². The Labute approximate surface area is 120 Å². The zero-order chi connectivity index (χ0) is 14.3. The fourth-order valence-electron chi connectivity index (χ4n) is 1.89. The van der Waals surface area contributed by atoms with Gasteiger partial charge in [0.25, 0.3) is 0 Å². The summed E-state index contributed by atoms with van der Waals surface area (Å²) in [4.78, 5) is 14.4. The summed E-state index contributed by atoms with van der Waals surface area (Å²) in [7, 11) is 0. The molecule has 19 heavy (non-hydrogen) atoms. The number of aliphatic carboxylic acids is 1. The molecular weight excluding hydrogens is 258 g/mol. The number of hydrogen-bond donors (Lipinski definition) is 1. The third-order valence-corrected chi connectivity index (χ3v) is 3.84. The van der Waals surface area contributed by atoms with Gasteiger partial charge in [0, 0.05) is 23.7 Å². The van der Waals surface area contributed by atoms with E-state index in [1.807, 2.05) is 6.07 Å². The van der Waals surface area contributed by atoms with Crippen LogP contribution in [-0.4, -0.2) is 30.4 Å². The Balaban J connectivity index is 2.84. The smallest absolute Gasteiger partial charge is 0.308 e. The van der Waals surface area contributed by atoms with Crippen molar-refractivity contribution >= 4 is 23.4 Å². The van der Waals surface area contributed by atoms with E-state index in [9.17, 15) is 4.79 Å². The van der Waals surface area contributed by atoms with Gasteiger partial charge < -0.3 is 10.0 Å². The van der Waals surface area contributed by atoms with Crippen LogP contribution in [0.15, 0.2) is 29.2 Å². The van der Waals surface area contributed by atoms with E-state index < -0.39 is 5.97 Å². The van der Waals surface area contributed by atoms with Crippen LogP contribution < -0.4 is 4.90 Å². The van der Waals surface area contributed by atoms with Gasteiger partial charge >= 0.3 is 5.97 Å². The highest BCUT2D eigenvalue weighted by Crippen LogP contribution is 2.23. The summed E-state index contributed by atoms with van der Waals surface area (Å²) in [6, 6.07) is 8.30. The molecule has 0 aliphatic carbocycles. The van der Waals surface area contributed by atoms with Crippen LogP contribution in [0.1, 0.15) is 26.7 Å². The summed E-state index contributed by atoms with van der Waals surface area (Å²) < 4.78 is 0. The Morgan fingerprint density at radius 3 is 2.79 bits per heavy atom. The number of carbonyl (C=O) groups is 1. The van der Waals surface area contributed by atoms with Crippen LogP contribution in [0.5, 0.6) is 0 Å². The van der Waals surface area contributed by atoms with Crippen molar-refractivity contribution in [2.45, 2.75) is 31.6 Å². The summed E-state index contributed by atoms with van der Waals surface area (Å²) in [5, 5.41) is 9.07. The van der Waals surface area contributed by atoms with E-state index in [1.165, 1.54) is 4.90 Å². The first kappa shape index (κ1) is 15.9. The number of rotatable bonds is 8. The maximum absolute atomic E-state index is 11.0. The summed E-state index contributed by atoms with van der Waals surface area (Å²) >= 11 is 1.71. The Bertz CT molecular complexity index is 409. The van der Waals surface area contributed by atoms with Crippen molar-refractivity contribution in [2.24, 2.45) is 5.92 Å². The van der Waals surface area contributed by atoms with Crippen LogP contribution in [0, 0.1) is 5.92 Å². The van der Waals surface area contributed by atoms with Crippen LogP contribution >= 0.6 is 11.8 Å². The van der Waals surface area contributed by atoms with Gasteiger partial charge in [-0.1, -0.05) is 26.3 Å². The van der Waals surface area contributed by atoms with Crippen molar-refractivity contribution in [1.29, 1.82) is 0 Å². The normalized spacial score (nSPS) is 12.2. The lowest BCUT2D eigenvalue weighted by Gasteiger charge is -2.27. The first-order valence-corrected chi connectivity index (χ1v) is 7.92. The molecule has 0 aromatic heterocycles. The second-order valence-electron chi connectivity index (χ2n) is 4.74. The minimum atomic E-state index is -0.734. The van der Waals surface area contributed by atoms with Gasteiger partial charge in [-0.3, -0.25) is 4.79 Å². The van der Waals surface area contributed by atoms with Gasteiger partial charge in [-0.25, -0.2) is 0 Å². The SMILES string of the molecule is CCCCN(CC(C)C(=O)O)c1cccc(SC)c1. The molecule has 1 atom stereocenters. The van der Waals surface area contributed by atoms with Crippen LogP contribution in [0.4, 0.5) is 5.69 Å². The molecule has 0 aliphatic heterocycles. The number of anilines is 1. The van der Waals surface area contributed by atoms with Crippen molar-refractivity contribution in [3.8, 4) is 0 Å². The molecule has 1 aromatic carbocycles. The molecule has 0 saturated heterocycles. The largest absolute Gasteiger partial charge is 0.481 e. The molecule has 1 aromatic rings. The van der Waals surface area contributed by atoms with Gasteiger partial charge in [0.05, 0.1) is 5.92 Å². The molecule has 0 fully saturated rings. The quantitative estimate of drug-likeness (QED) is 0.737. The van der Waals surface area contributed by atoms with Crippen molar-refractivity contribution in [2.75, 3.05) is 24.2 Å². The van der Waals surface area contributed by atoms with Gasteiger partial charge in [0.1, 0.15) is 0 Å². The average molecular weight is 281 g/mol. The summed E-state index contributed by atoms with van der Waals surface area (Å²) in [5.74, 6) is -1.09. The fourth-order valence-corrected chi connectivity index (χ4v) is 2.34. The number of benzene rings is 1. The van der Waals surface area contributed by atoms with Crippen molar-refractivity contribution in [3.05, 3.63) is 24.3 Å². The van der Waals surface area contributed by atoms with E-state index in [0.717, 1.165) is 25.1 Å². The minimum absolute atomic E-state index is 0.352. The molecule has 0 radical (unpaired) electrons. The van der Waals surface area contributed by atoms with Crippen LogP contribution in [0.2, 0.25) is 0 Å². The minimum Gasteiger partial charge on any atom is -0.481 e. The van der Waals surface area contributed by atoms with Gasteiger partial charge in [-0.15, -0.1) is 11.8 Å². The van der Waals surface area contributed by atoms with E-state index >= 15 is 0 Å². The third-order valence-electron chi connectivity index (χ3n) is 3.12. The van der Waals surface area contributed by atoms with Crippen LogP contribution in [0.3, 0.4) is 0 Å². The zero-order valence-corrected chi connectivity index (χ0v) is 12.7. The number of unbranched alkanes of at least 4 members (excludes halogenated alkanes) is 1. The molecule has 0 bridgehead atoms. The Kier molecular flexibility index (Phi) is 6.78. The lowest BCUT2D eigenvalue weighted by molar-refractivity contribution is -0.140. The van der Waals surface area contributed by atoms with Crippen LogP contribution in [-0.2, 0) is 4.79 Å². The van der Waals surface area contributed by atoms with E-state index in [4.69, 9.17) is 5.11 Å². The number of hydrogen-bond acceptors (Lipinski definition) is 3. The molecule has 0 aliphatic rings. The summed E-state index contributed by atoms with van der Waals surface area (Å²) in [6.45, 7) is 5.38. The van der Waals surface area contributed by atoms with Crippen molar-refractivity contribution in [3.63, 3.8) is 0 Å². The predicted molar refractivity (Wildman–Crippen MR) is 82.1 cm³/mol. The molecule has 4 heteroatoms. The molecule has 0 spiro atoms. The van der Waals surface area contributed by atoms with Crippen LogP contribution in [0.25, 0.3) is 0 Å². The predicted octanol–water partition coefficient (Wildman–Crippen LogP) is 3.74. The highest BCUT2D eigenvalue weighted by molar-refractivity contribution is 7.98. The Hall–Kier alpha value is -1.16. The molecule has 0 heterocycles. The molecule has 0 saturated carbocycles. The van der Waals surface area contributed by atoms with E-state index in [0.29, 0.717) is 6.54 Å². The van der Waals surface area contributed by atoms with E-state index in [1.54, 1.807) is 18.7 Å². The van der Waals surface area contributed by atoms with E-state index in [2.05, 4.69) is 36.3 Å². The van der Waals surface area contributed by atoms with Crippen molar-refractivity contribution in [1.82, 2.24) is 0 Å². The molecular formula is C15H23NO2S. The van der Waals surface area contributed by atoms with E-state index in [-0.39, 0.29) is 5.92 Å².